The maximum absolute atomic E-state index is 5.93. The van der Waals surface area contributed by atoms with Crippen LogP contribution in [0.25, 0.3) is 0 Å². The predicted octanol–water partition coefficient (Wildman–Crippen LogP) is 1.68. The second-order valence-electron chi connectivity index (χ2n) is 3.43. The van der Waals surface area contributed by atoms with E-state index < -0.39 is 0 Å². The first-order valence-electron chi connectivity index (χ1n) is 4.63. The molecule has 0 unspecified atom stereocenters. The molecule has 2 heteroatoms. The van der Waals surface area contributed by atoms with E-state index in [9.17, 15) is 0 Å². The molecule has 66 valence electrons. The van der Waals surface area contributed by atoms with Gasteiger partial charge in [-0.15, -0.1) is 0 Å². The van der Waals surface area contributed by atoms with Crippen LogP contribution in [0.5, 0.6) is 0 Å². The first-order valence-corrected chi connectivity index (χ1v) is 4.63. The van der Waals surface area contributed by atoms with Gasteiger partial charge in [0.1, 0.15) is 0 Å². The normalized spacial score (nSPS) is 34.4. The Morgan fingerprint density at radius 3 is 2.36 bits per heavy atom. The number of hydrogen-bond acceptors (Lipinski definition) is 2. The molecule has 0 heterocycles. The zero-order chi connectivity index (χ0) is 8.10. The fourth-order valence-corrected chi connectivity index (χ4v) is 1.77. The molecule has 0 aromatic heterocycles. The van der Waals surface area contributed by atoms with E-state index in [-0.39, 0.29) is 6.04 Å². The van der Waals surface area contributed by atoms with Gasteiger partial charge in [-0.05, 0) is 12.8 Å². The fourth-order valence-electron chi connectivity index (χ4n) is 1.77. The van der Waals surface area contributed by atoms with E-state index in [2.05, 4.69) is 0 Å². The maximum atomic E-state index is 5.93. The summed E-state index contributed by atoms with van der Waals surface area (Å²) in [5.74, 6) is 0. The van der Waals surface area contributed by atoms with Crippen LogP contribution in [0.4, 0.5) is 0 Å². The molecule has 1 aliphatic rings. The van der Waals surface area contributed by atoms with Crippen molar-refractivity contribution >= 4 is 0 Å². The van der Waals surface area contributed by atoms with E-state index in [1.165, 1.54) is 25.7 Å². The van der Waals surface area contributed by atoms with Crippen LogP contribution >= 0.6 is 0 Å². The Labute approximate surface area is 69.1 Å². The molecule has 0 aromatic carbocycles. The van der Waals surface area contributed by atoms with Gasteiger partial charge in [0.25, 0.3) is 0 Å². The van der Waals surface area contributed by atoms with Crippen LogP contribution in [0.3, 0.4) is 0 Å². The van der Waals surface area contributed by atoms with Gasteiger partial charge in [0.05, 0.1) is 6.10 Å². The molecule has 1 rings (SSSR count). The Bertz CT molecular complexity index is 106. The molecule has 2 nitrogen and oxygen atoms in total. The summed E-state index contributed by atoms with van der Waals surface area (Å²) < 4.78 is 5.31. The average molecular weight is 157 g/mol. The third-order valence-corrected chi connectivity index (χ3v) is 2.56. The van der Waals surface area contributed by atoms with Crippen molar-refractivity contribution in [3.8, 4) is 0 Å². The van der Waals surface area contributed by atoms with Gasteiger partial charge in [0.15, 0.2) is 0 Å². The smallest absolute Gasteiger partial charge is 0.0722 e. The molecule has 0 aromatic rings. The standard InChI is InChI=1S/C9H19NO/c1-11-9-7-5-3-2-4-6-8(9)10/h8-9H,2-7,10H2,1H3/t8-,9+/m0/s1. The summed E-state index contributed by atoms with van der Waals surface area (Å²) in [4.78, 5) is 0. The van der Waals surface area contributed by atoms with Crippen LogP contribution in [0.1, 0.15) is 38.5 Å². The lowest BCUT2D eigenvalue weighted by Crippen LogP contribution is -2.36. The van der Waals surface area contributed by atoms with Crippen molar-refractivity contribution in [3.05, 3.63) is 0 Å². The summed E-state index contributed by atoms with van der Waals surface area (Å²) in [6.45, 7) is 0. The predicted molar refractivity (Wildman–Crippen MR) is 46.5 cm³/mol. The molecule has 2 N–H and O–H groups in total. The van der Waals surface area contributed by atoms with Crippen molar-refractivity contribution < 1.29 is 4.74 Å². The second-order valence-corrected chi connectivity index (χ2v) is 3.43. The Balaban J connectivity index is 2.33. The molecule has 0 aliphatic heterocycles. The Hall–Kier alpha value is -0.0800. The molecule has 2 atom stereocenters. The molecular formula is C9H19NO. The number of hydrogen-bond donors (Lipinski definition) is 1. The van der Waals surface area contributed by atoms with E-state index in [0.717, 1.165) is 12.8 Å². The summed E-state index contributed by atoms with van der Waals surface area (Å²) in [5.41, 5.74) is 5.93. The van der Waals surface area contributed by atoms with Crippen LogP contribution in [0.15, 0.2) is 0 Å². The van der Waals surface area contributed by atoms with Crippen LogP contribution in [-0.2, 0) is 4.74 Å². The van der Waals surface area contributed by atoms with Crippen molar-refractivity contribution in [2.45, 2.75) is 50.7 Å². The number of methoxy groups -OCH3 is 1. The maximum Gasteiger partial charge on any atom is 0.0722 e. The molecule has 0 radical (unpaired) electrons. The molecule has 0 amide bonds. The molecule has 11 heavy (non-hydrogen) atoms. The van der Waals surface area contributed by atoms with Crippen molar-refractivity contribution in [3.63, 3.8) is 0 Å². The van der Waals surface area contributed by atoms with Gasteiger partial charge in [-0.1, -0.05) is 25.7 Å². The Kier molecular flexibility index (Phi) is 3.87. The number of ether oxygens (including phenoxy) is 1. The molecular weight excluding hydrogens is 138 g/mol. The highest BCUT2D eigenvalue weighted by Crippen LogP contribution is 2.18. The topological polar surface area (TPSA) is 35.2 Å². The van der Waals surface area contributed by atoms with Gasteiger partial charge in [-0.3, -0.25) is 0 Å². The minimum atomic E-state index is 0.278. The monoisotopic (exact) mass is 157 g/mol. The highest BCUT2D eigenvalue weighted by Gasteiger charge is 2.17. The van der Waals surface area contributed by atoms with Crippen LogP contribution in [0.2, 0.25) is 0 Å². The van der Waals surface area contributed by atoms with Crippen molar-refractivity contribution in [2.75, 3.05) is 7.11 Å². The third-order valence-electron chi connectivity index (χ3n) is 2.56. The molecule has 1 fully saturated rings. The van der Waals surface area contributed by atoms with Crippen LogP contribution in [-0.4, -0.2) is 19.3 Å². The molecule has 0 saturated heterocycles. The summed E-state index contributed by atoms with van der Waals surface area (Å²) in [6, 6.07) is 0.278. The quantitative estimate of drug-likeness (QED) is 0.628. The highest BCUT2D eigenvalue weighted by molar-refractivity contribution is 4.75. The molecule has 1 saturated carbocycles. The minimum Gasteiger partial charge on any atom is -0.380 e. The first kappa shape index (κ1) is 9.01. The van der Waals surface area contributed by atoms with Gasteiger partial charge in [0.2, 0.25) is 0 Å². The van der Waals surface area contributed by atoms with E-state index in [1.54, 1.807) is 7.11 Å². The fraction of sp³-hybridized carbons (Fsp3) is 1.00. The summed E-state index contributed by atoms with van der Waals surface area (Å²) in [5, 5.41) is 0. The summed E-state index contributed by atoms with van der Waals surface area (Å²) in [6.07, 6.45) is 7.87. The average Bonchev–Trinajstić information content (AvgIpc) is 1.98. The first-order chi connectivity index (χ1) is 5.34. The largest absolute Gasteiger partial charge is 0.380 e. The van der Waals surface area contributed by atoms with Crippen molar-refractivity contribution in [2.24, 2.45) is 5.73 Å². The van der Waals surface area contributed by atoms with E-state index in [0.29, 0.717) is 6.10 Å². The van der Waals surface area contributed by atoms with E-state index >= 15 is 0 Å². The van der Waals surface area contributed by atoms with Gasteiger partial charge in [-0.25, -0.2) is 0 Å². The highest BCUT2D eigenvalue weighted by atomic mass is 16.5. The lowest BCUT2D eigenvalue weighted by molar-refractivity contribution is 0.0640. The van der Waals surface area contributed by atoms with E-state index in [1.807, 2.05) is 0 Å². The van der Waals surface area contributed by atoms with Crippen molar-refractivity contribution in [1.82, 2.24) is 0 Å². The van der Waals surface area contributed by atoms with Crippen LogP contribution in [0, 0.1) is 0 Å². The van der Waals surface area contributed by atoms with Gasteiger partial charge in [-0.2, -0.15) is 0 Å². The Morgan fingerprint density at radius 2 is 1.73 bits per heavy atom. The third kappa shape index (κ3) is 2.80. The summed E-state index contributed by atoms with van der Waals surface area (Å²) >= 11 is 0. The lowest BCUT2D eigenvalue weighted by atomic mass is 9.95. The van der Waals surface area contributed by atoms with E-state index in [4.69, 9.17) is 10.5 Å². The van der Waals surface area contributed by atoms with Crippen LogP contribution < -0.4 is 5.73 Å². The Morgan fingerprint density at radius 1 is 1.09 bits per heavy atom. The zero-order valence-electron chi connectivity index (χ0n) is 7.38. The molecule has 0 spiro atoms. The minimum absolute atomic E-state index is 0.278. The van der Waals surface area contributed by atoms with Gasteiger partial charge >= 0.3 is 0 Å². The number of rotatable bonds is 1. The van der Waals surface area contributed by atoms with Crippen molar-refractivity contribution in [1.29, 1.82) is 0 Å². The van der Waals surface area contributed by atoms with Gasteiger partial charge < -0.3 is 10.5 Å². The van der Waals surface area contributed by atoms with Gasteiger partial charge in [0, 0.05) is 13.2 Å². The number of nitrogens with two attached hydrogens (primary N) is 1. The molecule has 0 bridgehead atoms. The molecule has 1 aliphatic carbocycles. The SMILES string of the molecule is CO[C@@H]1CCCCCC[C@@H]1N. The second kappa shape index (κ2) is 4.73. The lowest BCUT2D eigenvalue weighted by Gasteiger charge is -2.24. The zero-order valence-corrected chi connectivity index (χ0v) is 7.38. The summed E-state index contributed by atoms with van der Waals surface area (Å²) in [7, 11) is 1.77.